The Labute approximate surface area is 195 Å². The maximum atomic E-state index is 5.73. The molecular weight excluding hydrogens is 392 g/mol. The Bertz CT molecular complexity index is 859. The molecule has 3 aromatic carbocycles. The van der Waals surface area contributed by atoms with Crippen molar-refractivity contribution in [3.63, 3.8) is 0 Å². The zero-order chi connectivity index (χ0) is 23.8. The van der Waals surface area contributed by atoms with Gasteiger partial charge in [-0.15, -0.1) is 0 Å². The molecule has 172 valence electrons. The second-order valence-electron chi connectivity index (χ2n) is 10.2. The average Bonchev–Trinajstić information content (AvgIpc) is 2.80. The van der Waals surface area contributed by atoms with Crippen molar-refractivity contribution in [2.24, 2.45) is 5.92 Å². The fourth-order valence-electron chi connectivity index (χ4n) is 3.18. The molecule has 0 radical (unpaired) electrons. The lowest BCUT2D eigenvalue weighted by Crippen LogP contribution is -2.29. The second-order valence-corrected chi connectivity index (χ2v) is 10.2. The van der Waals surface area contributed by atoms with Gasteiger partial charge in [-0.05, 0) is 55.7 Å². The van der Waals surface area contributed by atoms with Crippen LogP contribution in [0.5, 0.6) is 0 Å². The Morgan fingerprint density at radius 1 is 0.469 bits per heavy atom. The highest BCUT2D eigenvalue weighted by molar-refractivity contribution is 5.24. The van der Waals surface area contributed by atoms with Gasteiger partial charge in [-0.3, -0.25) is 0 Å². The molecule has 3 rings (SSSR count). The van der Waals surface area contributed by atoms with Crippen LogP contribution in [-0.4, -0.2) is 0 Å². The molecular formula is C30H40O2. The van der Waals surface area contributed by atoms with E-state index in [2.05, 4.69) is 58.0 Å². The van der Waals surface area contributed by atoms with Crippen LogP contribution in [0.2, 0.25) is 0 Å². The first kappa shape index (κ1) is 25.8. The minimum absolute atomic E-state index is 0.293. The molecule has 0 fully saturated rings. The standard InChI is InChI=1S/C18H22O2.C12H18/c1-17(2,15-11-7-5-8-12-15)19-20-18(3,4)16-13-9-6-10-14-16;1-10(2)12(3,4)11-8-6-5-7-9-11/h5-14H,1-4H3;5-10H,1-4H3. The van der Waals surface area contributed by atoms with Crippen molar-refractivity contribution in [1.29, 1.82) is 0 Å². The molecule has 0 heterocycles. The van der Waals surface area contributed by atoms with E-state index in [1.807, 2.05) is 88.4 Å². The summed E-state index contributed by atoms with van der Waals surface area (Å²) in [6.07, 6.45) is 0. The molecule has 0 unspecified atom stereocenters. The third-order valence-corrected chi connectivity index (χ3v) is 6.36. The molecule has 2 nitrogen and oxygen atoms in total. The van der Waals surface area contributed by atoms with Gasteiger partial charge < -0.3 is 0 Å². The van der Waals surface area contributed by atoms with Crippen molar-refractivity contribution in [2.75, 3.05) is 0 Å². The molecule has 0 spiro atoms. The van der Waals surface area contributed by atoms with Gasteiger partial charge in [0.1, 0.15) is 11.2 Å². The van der Waals surface area contributed by atoms with Crippen molar-refractivity contribution >= 4 is 0 Å². The third-order valence-electron chi connectivity index (χ3n) is 6.36. The van der Waals surface area contributed by atoms with Gasteiger partial charge in [0.05, 0.1) is 0 Å². The average molecular weight is 433 g/mol. The first-order valence-corrected chi connectivity index (χ1v) is 11.5. The molecule has 0 amide bonds. The van der Waals surface area contributed by atoms with Gasteiger partial charge in [0.15, 0.2) is 0 Å². The summed E-state index contributed by atoms with van der Waals surface area (Å²) in [7, 11) is 0. The van der Waals surface area contributed by atoms with Crippen LogP contribution in [0.1, 0.15) is 72.1 Å². The zero-order valence-corrected chi connectivity index (χ0v) is 21.1. The van der Waals surface area contributed by atoms with Gasteiger partial charge in [0.2, 0.25) is 0 Å². The van der Waals surface area contributed by atoms with Crippen LogP contribution in [0.25, 0.3) is 0 Å². The molecule has 32 heavy (non-hydrogen) atoms. The van der Waals surface area contributed by atoms with Crippen LogP contribution in [0, 0.1) is 5.92 Å². The van der Waals surface area contributed by atoms with E-state index in [-0.39, 0.29) is 0 Å². The molecule has 2 heteroatoms. The molecule has 0 aromatic heterocycles. The largest absolute Gasteiger partial charge is 0.225 e. The number of hydrogen-bond acceptors (Lipinski definition) is 2. The summed E-state index contributed by atoms with van der Waals surface area (Å²) >= 11 is 0. The van der Waals surface area contributed by atoms with Crippen LogP contribution in [0.15, 0.2) is 91.0 Å². The monoisotopic (exact) mass is 432 g/mol. The first-order valence-electron chi connectivity index (χ1n) is 11.5. The minimum Gasteiger partial charge on any atom is -0.225 e. The molecule has 0 saturated carbocycles. The van der Waals surface area contributed by atoms with Crippen molar-refractivity contribution < 1.29 is 9.78 Å². The summed E-state index contributed by atoms with van der Waals surface area (Å²) in [6, 6.07) is 30.9. The lowest BCUT2D eigenvalue weighted by Gasteiger charge is -2.31. The Morgan fingerprint density at radius 2 is 0.750 bits per heavy atom. The van der Waals surface area contributed by atoms with E-state index in [1.165, 1.54) is 5.56 Å². The predicted molar refractivity (Wildman–Crippen MR) is 135 cm³/mol. The lowest BCUT2D eigenvalue weighted by molar-refractivity contribution is -0.410. The van der Waals surface area contributed by atoms with Crippen molar-refractivity contribution in [2.45, 2.75) is 72.0 Å². The van der Waals surface area contributed by atoms with Gasteiger partial charge >= 0.3 is 0 Å². The van der Waals surface area contributed by atoms with Gasteiger partial charge in [0, 0.05) is 0 Å². The highest BCUT2D eigenvalue weighted by Crippen LogP contribution is 2.32. The fraction of sp³-hybridized carbons (Fsp3) is 0.400. The first-order chi connectivity index (χ1) is 15.0. The third kappa shape index (κ3) is 7.05. The Balaban J connectivity index is 0.000000258. The highest BCUT2D eigenvalue weighted by Gasteiger charge is 2.29. The molecule has 0 aliphatic carbocycles. The van der Waals surface area contributed by atoms with Crippen LogP contribution in [0.4, 0.5) is 0 Å². The minimum atomic E-state index is -0.493. The SMILES string of the molecule is CC(C)(OOC(C)(C)c1ccccc1)c1ccccc1.CC(C)C(C)(C)c1ccccc1. The van der Waals surface area contributed by atoms with E-state index in [1.54, 1.807) is 0 Å². The summed E-state index contributed by atoms with van der Waals surface area (Å²) in [5, 5.41) is 0. The topological polar surface area (TPSA) is 18.5 Å². The number of benzene rings is 3. The van der Waals surface area contributed by atoms with Gasteiger partial charge in [0.25, 0.3) is 0 Å². The van der Waals surface area contributed by atoms with Crippen LogP contribution in [-0.2, 0) is 26.4 Å². The molecule has 3 aromatic rings. The maximum Gasteiger partial charge on any atom is 0.123 e. The smallest absolute Gasteiger partial charge is 0.123 e. The summed E-state index contributed by atoms with van der Waals surface area (Å²) in [5.41, 5.74) is 2.91. The second kappa shape index (κ2) is 10.9. The molecule has 0 aliphatic rings. The summed E-state index contributed by atoms with van der Waals surface area (Å²) in [4.78, 5) is 11.5. The van der Waals surface area contributed by atoms with Gasteiger partial charge in [-0.2, -0.15) is 0 Å². The van der Waals surface area contributed by atoms with E-state index >= 15 is 0 Å². The predicted octanol–water partition coefficient (Wildman–Crippen LogP) is 8.43. The van der Waals surface area contributed by atoms with Crippen molar-refractivity contribution in [1.82, 2.24) is 0 Å². The molecule has 0 aliphatic heterocycles. The van der Waals surface area contributed by atoms with E-state index < -0.39 is 11.2 Å². The van der Waals surface area contributed by atoms with E-state index in [0.717, 1.165) is 11.1 Å². The Kier molecular flexibility index (Phi) is 8.83. The molecule has 0 atom stereocenters. The zero-order valence-electron chi connectivity index (χ0n) is 21.1. The van der Waals surface area contributed by atoms with Crippen LogP contribution in [0.3, 0.4) is 0 Å². The summed E-state index contributed by atoms with van der Waals surface area (Å²) in [5.74, 6) is 0.680. The Morgan fingerprint density at radius 3 is 1.03 bits per heavy atom. The van der Waals surface area contributed by atoms with Gasteiger partial charge in [-0.1, -0.05) is 119 Å². The molecule has 0 bridgehead atoms. The highest BCUT2D eigenvalue weighted by atomic mass is 17.2. The van der Waals surface area contributed by atoms with Crippen LogP contribution >= 0.6 is 0 Å². The molecule has 0 saturated heterocycles. The fourth-order valence-corrected chi connectivity index (χ4v) is 3.18. The van der Waals surface area contributed by atoms with Crippen LogP contribution < -0.4 is 0 Å². The van der Waals surface area contributed by atoms with Gasteiger partial charge in [-0.25, -0.2) is 9.78 Å². The molecule has 0 N–H and O–H groups in total. The lowest BCUT2D eigenvalue weighted by atomic mass is 9.75. The van der Waals surface area contributed by atoms with E-state index in [4.69, 9.17) is 9.78 Å². The maximum absolute atomic E-state index is 5.73. The Hall–Kier alpha value is -2.42. The number of rotatable bonds is 7. The number of hydrogen-bond donors (Lipinski definition) is 0. The van der Waals surface area contributed by atoms with E-state index in [9.17, 15) is 0 Å². The van der Waals surface area contributed by atoms with E-state index in [0.29, 0.717) is 11.3 Å². The summed E-state index contributed by atoms with van der Waals surface area (Å²) in [6.45, 7) is 17.2. The van der Waals surface area contributed by atoms with Crippen molar-refractivity contribution in [3.8, 4) is 0 Å². The van der Waals surface area contributed by atoms with Crippen molar-refractivity contribution in [3.05, 3.63) is 108 Å². The normalized spacial score (nSPS) is 12.3. The summed E-state index contributed by atoms with van der Waals surface area (Å²) < 4.78 is 0. The quantitative estimate of drug-likeness (QED) is 0.275.